The second-order valence-electron chi connectivity index (χ2n) is 5.74. The number of piperidine rings is 1. The van der Waals surface area contributed by atoms with Crippen LogP contribution in [0.3, 0.4) is 0 Å². The Morgan fingerprint density at radius 2 is 2.05 bits per heavy atom. The van der Waals surface area contributed by atoms with Gasteiger partial charge in [-0.15, -0.1) is 0 Å². The molecule has 0 bridgehead atoms. The summed E-state index contributed by atoms with van der Waals surface area (Å²) in [6, 6.07) is 5.77. The normalized spacial score (nSPS) is 18.0. The number of aryl methyl sites for hydroxylation is 2. The number of amides is 1. The van der Waals surface area contributed by atoms with Crippen molar-refractivity contribution in [3.63, 3.8) is 0 Å². The molecule has 0 spiro atoms. The van der Waals surface area contributed by atoms with Gasteiger partial charge >= 0.3 is 5.97 Å². The zero-order valence-electron chi connectivity index (χ0n) is 13.4. The number of hydrogen-bond donors (Lipinski definition) is 0. The lowest BCUT2D eigenvalue weighted by Gasteiger charge is -2.31. The van der Waals surface area contributed by atoms with Crippen LogP contribution in [0.25, 0.3) is 0 Å². The van der Waals surface area contributed by atoms with Gasteiger partial charge in [-0.1, -0.05) is 6.07 Å². The summed E-state index contributed by atoms with van der Waals surface area (Å²) in [6.07, 6.45) is 1.59. The van der Waals surface area contributed by atoms with Gasteiger partial charge in [0, 0.05) is 13.1 Å². The molecule has 0 aliphatic carbocycles. The van der Waals surface area contributed by atoms with Crippen LogP contribution >= 0.6 is 0 Å². The fourth-order valence-corrected chi connectivity index (χ4v) is 2.60. The second-order valence-corrected chi connectivity index (χ2v) is 5.74. The maximum absolute atomic E-state index is 12.2. The molecule has 22 heavy (non-hydrogen) atoms. The van der Waals surface area contributed by atoms with Crippen LogP contribution in [0.1, 0.15) is 24.0 Å². The molecule has 1 aliphatic rings. The lowest BCUT2D eigenvalue weighted by molar-refractivity contribution is -0.149. The Morgan fingerprint density at radius 3 is 2.73 bits per heavy atom. The molecular weight excluding hydrogens is 282 g/mol. The number of nitrogens with zero attached hydrogens (tertiary/aromatic N) is 1. The molecule has 0 radical (unpaired) electrons. The predicted molar refractivity (Wildman–Crippen MR) is 82.7 cm³/mol. The van der Waals surface area contributed by atoms with E-state index in [-0.39, 0.29) is 24.4 Å². The highest BCUT2D eigenvalue weighted by Gasteiger charge is 2.29. The number of likely N-dealkylation sites (tertiary alicyclic amines) is 1. The first-order valence-electron chi connectivity index (χ1n) is 7.57. The summed E-state index contributed by atoms with van der Waals surface area (Å²) in [6.45, 7) is 5.13. The molecule has 1 saturated heterocycles. The molecule has 1 aromatic carbocycles. The first-order chi connectivity index (χ1) is 10.5. The van der Waals surface area contributed by atoms with Crippen LogP contribution in [-0.4, -0.2) is 43.6 Å². The molecule has 2 rings (SSSR count). The molecular formula is C17H23NO4. The molecule has 120 valence electrons. The van der Waals surface area contributed by atoms with E-state index in [2.05, 4.69) is 0 Å². The fraction of sp³-hybridized carbons (Fsp3) is 0.529. The van der Waals surface area contributed by atoms with Gasteiger partial charge in [0.15, 0.2) is 6.61 Å². The van der Waals surface area contributed by atoms with Gasteiger partial charge in [-0.05, 0) is 49.9 Å². The van der Waals surface area contributed by atoms with E-state index in [1.54, 1.807) is 4.90 Å². The number of benzene rings is 1. The van der Waals surface area contributed by atoms with Crippen LogP contribution in [0.2, 0.25) is 0 Å². The van der Waals surface area contributed by atoms with Gasteiger partial charge in [0.1, 0.15) is 5.75 Å². The zero-order valence-corrected chi connectivity index (χ0v) is 13.4. The van der Waals surface area contributed by atoms with E-state index in [4.69, 9.17) is 9.47 Å². The Balaban J connectivity index is 1.88. The minimum atomic E-state index is -0.243. The van der Waals surface area contributed by atoms with Crippen LogP contribution in [0.5, 0.6) is 5.75 Å². The third-order valence-electron chi connectivity index (χ3n) is 4.15. The van der Waals surface area contributed by atoms with E-state index in [0.29, 0.717) is 18.8 Å². The molecule has 1 heterocycles. The summed E-state index contributed by atoms with van der Waals surface area (Å²) in [5.41, 5.74) is 2.32. The molecule has 1 amide bonds. The first kappa shape index (κ1) is 16.3. The molecule has 0 aromatic heterocycles. The Morgan fingerprint density at radius 1 is 1.27 bits per heavy atom. The standard InChI is InChI=1S/C17H23NO4/c1-12-6-7-15(9-13(12)2)22-11-16(19)18-8-4-5-14(10-18)17(20)21-3/h6-7,9,14H,4-5,8,10-11H2,1-3H3. The lowest BCUT2D eigenvalue weighted by atomic mass is 9.98. The summed E-state index contributed by atoms with van der Waals surface area (Å²) in [5, 5.41) is 0. The van der Waals surface area contributed by atoms with Gasteiger partial charge < -0.3 is 14.4 Å². The summed E-state index contributed by atoms with van der Waals surface area (Å²) in [5.74, 6) is 0.140. The molecule has 0 saturated carbocycles. The number of carbonyl (C=O) groups excluding carboxylic acids is 2. The SMILES string of the molecule is COC(=O)C1CCCN(C(=O)COc2ccc(C)c(C)c2)C1. The van der Waals surface area contributed by atoms with Crippen LogP contribution in [0, 0.1) is 19.8 Å². The van der Waals surface area contributed by atoms with Crippen molar-refractivity contribution in [1.82, 2.24) is 4.90 Å². The molecule has 1 aliphatic heterocycles. The highest BCUT2D eigenvalue weighted by molar-refractivity contribution is 5.79. The number of methoxy groups -OCH3 is 1. The van der Waals surface area contributed by atoms with Crippen molar-refractivity contribution in [3.05, 3.63) is 29.3 Å². The number of rotatable bonds is 4. The fourth-order valence-electron chi connectivity index (χ4n) is 2.60. The largest absolute Gasteiger partial charge is 0.484 e. The van der Waals surface area contributed by atoms with Crippen LogP contribution in [0.4, 0.5) is 0 Å². The number of carbonyl (C=O) groups is 2. The van der Waals surface area contributed by atoms with Gasteiger partial charge in [-0.2, -0.15) is 0 Å². The van der Waals surface area contributed by atoms with E-state index >= 15 is 0 Å². The Hall–Kier alpha value is -2.04. The maximum Gasteiger partial charge on any atom is 0.310 e. The van der Waals surface area contributed by atoms with Gasteiger partial charge in [-0.3, -0.25) is 9.59 Å². The van der Waals surface area contributed by atoms with E-state index in [9.17, 15) is 9.59 Å². The highest BCUT2D eigenvalue weighted by Crippen LogP contribution is 2.19. The second kappa shape index (κ2) is 7.29. The minimum Gasteiger partial charge on any atom is -0.484 e. The van der Waals surface area contributed by atoms with Crippen molar-refractivity contribution in [1.29, 1.82) is 0 Å². The van der Waals surface area contributed by atoms with Gasteiger partial charge in [0.2, 0.25) is 0 Å². The van der Waals surface area contributed by atoms with Gasteiger partial charge in [0.05, 0.1) is 13.0 Å². The van der Waals surface area contributed by atoms with E-state index in [0.717, 1.165) is 18.4 Å². The van der Waals surface area contributed by atoms with Crippen molar-refractivity contribution in [2.75, 3.05) is 26.8 Å². The van der Waals surface area contributed by atoms with Crippen molar-refractivity contribution in [2.45, 2.75) is 26.7 Å². The van der Waals surface area contributed by atoms with Crippen molar-refractivity contribution in [3.8, 4) is 5.75 Å². The third-order valence-corrected chi connectivity index (χ3v) is 4.15. The van der Waals surface area contributed by atoms with E-state index in [1.807, 2.05) is 32.0 Å². The number of esters is 1. The minimum absolute atomic E-state index is 0.00358. The van der Waals surface area contributed by atoms with Crippen molar-refractivity contribution in [2.24, 2.45) is 5.92 Å². The number of ether oxygens (including phenoxy) is 2. The molecule has 5 nitrogen and oxygen atoms in total. The molecule has 0 N–H and O–H groups in total. The average Bonchev–Trinajstić information content (AvgIpc) is 2.55. The summed E-state index contributed by atoms with van der Waals surface area (Å²) in [4.78, 5) is 25.5. The smallest absolute Gasteiger partial charge is 0.310 e. The van der Waals surface area contributed by atoms with Crippen LogP contribution < -0.4 is 4.74 Å². The molecule has 5 heteroatoms. The third kappa shape index (κ3) is 4.00. The molecule has 1 unspecified atom stereocenters. The Kier molecular flexibility index (Phi) is 5.41. The molecule has 1 aromatic rings. The average molecular weight is 305 g/mol. The molecule has 1 atom stereocenters. The summed E-state index contributed by atoms with van der Waals surface area (Å²) >= 11 is 0. The topological polar surface area (TPSA) is 55.8 Å². The maximum atomic E-state index is 12.2. The van der Waals surface area contributed by atoms with Gasteiger partial charge in [0.25, 0.3) is 5.91 Å². The number of hydrogen-bond acceptors (Lipinski definition) is 4. The predicted octanol–water partition coefficient (Wildman–Crippen LogP) is 2.09. The molecule has 1 fully saturated rings. The van der Waals surface area contributed by atoms with E-state index < -0.39 is 0 Å². The van der Waals surface area contributed by atoms with Crippen LogP contribution in [0.15, 0.2) is 18.2 Å². The van der Waals surface area contributed by atoms with Gasteiger partial charge in [-0.25, -0.2) is 0 Å². The van der Waals surface area contributed by atoms with E-state index in [1.165, 1.54) is 12.7 Å². The lowest BCUT2D eigenvalue weighted by Crippen LogP contribution is -2.44. The van der Waals surface area contributed by atoms with Crippen LogP contribution in [-0.2, 0) is 14.3 Å². The quantitative estimate of drug-likeness (QED) is 0.799. The Bertz CT molecular complexity index is 556. The Labute approximate surface area is 131 Å². The zero-order chi connectivity index (χ0) is 16.1. The van der Waals surface area contributed by atoms with Crippen molar-refractivity contribution < 1.29 is 19.1 Å². The van der Waals surface area contributed by atoms with Crippen molar-refractivity contribution >= 4 is 11.9 Å². The summed E-state index contributed by atoms with van der Waals surface area (Å²) < 4.78 is 10.3. The first-order valence-corrected chi connectivity index (χ1v) is 7.57. The summed E-state index contributed by atoms with van der Waals surface area (Å²) in [7, 11) is 1.38. The monoisotopic (exact) mass is 305 g/mol. The highest BCUT2D eigenvalue weighted by atomic mass is 16.5.